The third-order valence-corrected chi connectivity index (χ3v) is 4.27. The third-order valence-electron chi connectivity index (χ3n) is 4.27. The quantitative estimate of drug-likeness (QED) is 0.531. The number of amides is 1. The van der Waals surface area contributed by atoms with E-state index in [2.05, 4.69) is 28.2 Å². The van der Waals surface area contributed by atoms with Crippen molar-refractivity contribution < 1.29 is 9.53 Å². The van der Waals surface area contributed by atoms with Crippen LogP contribution in [0.4, 0.5) is 5.69 Å². The smallest absolute Gasteiger partial charge is 0.247 e. The van der Waals surface area contributed by atoms with E-state index in [1.54, 1.807) is 39.7 Å². The minimum atomic E-state index is -0.289. The number of carbonyl (C=O) groups is 1. The van der Waals surface area contributed by atoms with Gasteiger partial charge in [0.1, 0.15) is 22.9 Å². The zero-order valence-electron chi connectivity index (χ0n) is 15.5. The van der Waals surface area contributed by atoms with Crippen LogP contribution in [0.2, 0.25) is 0 Å². The minimum Gasteiger partial charge on any atom is -0.455 e. The number of ether oxygens (including phenoxy) is 1. The number of aryl methyl sites for hydroxylation is 1. The molecular weight excluding hydrogens is 368 g/mol. The number of nitrogens with one attached hydrogen (secondary N) is 1. The number of benzene rings is 1. The first-order valence-corrected chi connectivity index (χ1v) is 8.69. The Kier molecular flexibility index (Phi) is 4.55. The molecule has 1 amide bonds. The molecule has 0 radical (unpaired) electrons. The SMILES string of the molecule is C=CC(=O)Nc1ccc(Oc2cc(-c3cnn(C)c3)cn3ncc(C#N)c23)cc1. The molecule has 0 fully saturated rings. The lowest BCUT2D eigenvalue weighted by Crippen LogP contribution is -2.06. The average molecular weight is 384 g/mol. The third kappa shape index (κ3) is 3.57. The van der Waals surface area contributed by atoms with Crippen LogP contribution in [0, 0.1) is 11.3 Å². The van der Waals surface area contributed by atoms with Crippen molar-refractivity contribution >= 4 is 17.1 Å². The Balaban J connectivity index is 1.73. The van der Waals surface area contributed by atoms with Gasteiger partial charge in [-0.2, -0.15) is 15.5 Å². The molecule has 8 nitrogen and oxygen atoms in total. The standard InChI is InChI=1S/C21H16N6O2/c1-3-20(28)25-17-4-6-18(7-5-17)29-19-8-14(16-11-23-26(2)12-16)13-27-21(19)15(9-22)10-24-27/h3-8,10-13H,1H2,2H3,(H,25,28). The molecule has 0 aliphatic carbocycles. The molecule has 3 heterocycles. The van der Waals surface area contributed by atoms with E-state index in [1.807, 2.05) is 25.5 Å². The Bertz CT molecular complexity index is 1260. The molecule has 4 aromatic rings. The van der Waals surface area contributed by atoms with Crippen molar-refractivity contribution in [2.75, 3.05) is 5.32 Å². The normalized spacial score (nSPS) is 10.5. The Hall–Kier alpha value is -4.38. The summed E-state index contributed by atoms with van der Waals surface area (Å²) in [6.07, 6.45) is 8.17. The van der Waals surface area contributed by atoms with Crippen molar-refractivity contribution in [1.29, 1.82) is 5.26 Å². The van der Waals surface area contributed by atoms with Gasteiger partial charge in [0, 0.05) is 36.3 Å². The summed E-state index contributed by atoms with van der Waals surface area (Å²) in [6.45, 7) is 3.43. The Labute approximate surface area is 166 Å². The van der Waals surface area contributed by atoms with E-state index in [1.165, 1.54) is 12.3 Å². The van der Waals surface area contributed by atoms with Gasteiger partial charge in [-0.3, -0.25) is 9.48 Å². The summed E-state index contributed by atoms with van der Waals surface area (Å²) in [6, 6.07) is 10.9. The maximum absolute atomic E-state index is 11.4. The second kappa shape index (κ2) is 7.32. The lowest BCUT2D eigenvalue weighted by molar-refractivity contribution is -0.111. The van der Waals surface area contributed by atoms with Crippen molar-refractivity contribution in [1.82, 2.24) is 19.4 Å². The van der Waals surface area contributed by atoms with Gasteiger partial charge < -0.3 is 10.1 Å². The molecular formula is C21H16N6O2. The Morgan fingerprint density at radius 1 is 1.21 bits per heavy atom. The van der Waals surface area contributed by atoms with Gasteiger partial charge in [-0.05, 0) is 36.4 Å². The molecule has 0 saturated carbocycles. The van der Waals surface area contributed by atoms with Crippen molar-refractivity contribution in [3.05, 3.63) is 73.3 Å². The number of nitriles is 1. The molecule has 1 N–H and O–H groups in total. The van der Waals surface area contributed by atoms with Crippen molar-refractivity contribution in [2.24, 2.45) is 7.05 Å². The van der Waals surface area contributed by atoms with Gasteiger partial charge in [0.25, 0.3) is 0 Å². The summed E-state index contributed by atoms with van der Waals surface area (Å²) in [5.41, 5.74) is 3.36. The number of hydrogen-bond donors (Lipinski definition) is 1. The van der Waals surface area contributed by atoms with Crippen LogP contribution in [-0.4, -0.2) is 25.3 Å². The molecule has 0 bridgehead atoms. The van der Waals surface area contributed by atoms with Gasteiger partial charge >= 0.3 is 0 Å². The minimum absolute atomic E-state index is 0.289. The van der Waals surface area contributed by atoms with Crippen LogP contribution in [0.3, 0.4) is 0 Å². The van der Waals surface area contributed by atoms with Crippen molar-refractivity contribution in [3.8, 4) is 28.7 Å². The van der Waals surface area contributed by atoms with Crippen LogP contribution < -0.4 is 10.1 Å². The number of aromatic nitrogens is 4. The molecule has 0 aliphatic heterocycles. The molecule has 0 unspecified atom stereocenters. The van der Waals surface area contributed by atoms with E-state index in [4.69, 9.17) is 4.74 Å². The molecule has 4 rings (SSSR count). The lowest BCUT2D eigenvalue weighted by Gasteiger charge is -2.11. The van der Waals surface area contributed by atoms with Gasteiger partial charge in [-0.1, -0.05) is 6.58 Å². The van der Waals surface area contributed by atoms with Gasteiger partial charge in [0.2, 0.25) is 5.91 Å². The van der Waals surface area contributed by atoms with Gasteiger partial charge in [-0.25, -0.2) is 4.52 Å². The molecule has 3 aromatic heterocycles. The van der Waals surface area contributed by atoms with Crippen molar-refractivity contribution in [2.45, 2.75) is 0 Å². The predicted molar refractivity (Wildman–Crippen MR) is 107 cm³/mol. The fraction of sp³-hybridized carbons (Fsp3) is 0.0476. The van der Waals surface area contributed by atoms with E-state index in [-0.39, 0.29) is 5.91 Å². The molecule has 0 spiro atoms. The molecule has 8 heteroatoms. The lowest BCUT2D eigenvalue weighted by atomic mass is 10.1. The maximum Gasteiger partial charge on any atom is 0.247 e. The molecule has 29 heavy (non-hydrogen) atoms. The topological polar surface area (TPSA) is 97.2 Å². The summed E-state index contributed by atoms with van der Waals surface area (Å²) < 4.78 is 9.40. The average Bonchev–Trinajstić information content (AvgIpc) is 3.35. The highest BCUT2D eigenvalue weighted by Gasteiger charge is 2.15. The molecule has 0 atom stereocenters. The fourth-order valence-electron chi connectivity index (χ4n) is 2.90. The summed E-state index contributed by atoms with van der Waals surface area (Å²) in [5, 5.41) is 20.6. The maximum atomic E-state index is 11.4. The van der Waals surface area contributed by atoms with Gasteiger partial charge in [-0.15, -0.1) is 0 Å². The highest BCUT2D eigenvalue weighted by atomic mass is 16.5. The van der Waals surface area contributed by atoms with E-state index in [9.17, 15) is 10.1 Å². The number of anilines is 1. The molecule has 142 valence electrons. The number of nitrogens with zero attached hydrogens (tertiary/aromatic N) is 5. The van der Waals surface area contributed by atoms with Crippen LogP contribution in [0.5, 0.6) is 11.5 Å². The van der Waals surface area contributed by atoms with Gasteiger partial charge in [0.15, 0.2) is 5.75 Å². The number of carbonyl (C=O) groups excluding carboxylic acids is 1. The summed E-state index contributed by atoms with van der Waals surface area (Å²) >= 11 is 0. The summed E-state index contributed by atoms with van der Waals surface area (Å²) in [7, 11) is 1.84. The Morgan fingerprint density at radius 2 is 2.00 bits per heavy atom. The highest BCUT2D eigenvalue weighted by Crippen LogP contribution is 2.33. The number of pyridine rings is 1. The molecule has 0 aliphatic rings. The van der Waals surface area contributed by atoms with Crippen molar-refractivity contribution in [3.63, 3.8) is 0 Å². The van der Waals surface area contributed by atoms with Crippen LogP contribution in [0.25, 0.3) is 16.6 Å². The van der Waals surface area contributed by atoms with E-state index >= 15 is 0 Å². The summed E-state index contributed by atoms with van der Waals surface area (Å²) in [4.78, 5) is 11.4. The summed E-state index contributed by atoms with van der Waals surface area (Å²) in [5.74, 6) is 0.752. The van der Waals surface area contributed by atoms with E-state index in [0.29, 0.717) is 28.3 Å². The number of hydrogen-bond acceptors (Lipinski definition) is 5. The molecule has 1 aromatic carbocycles. The number of rotatable bonds is 5. The van der Waals surface area contributed by atoms with E-state index in [0.717, 1.165) is 11.1 Å². The van der Waals surface area contributed by atoms with E-state index < -0.39 is 0 Å². The Morgan fingerprint density at radius 3 is 2.66 bits per heavy atom. The monoisotopic (exact) mass is 384 g/mol. The van der Waals surface area contributed by atoms with Gasteiger partial charge in [0.05, 0.1) is 12.4 Å². The first-order valence-electron chi connectivity index (χ1n) is 8.69. The van der Waals surface area contributed by atoms with Crippen LogP contribution in [0.1, 0.15) is 5.56 Å². The zero-order chi connectivity index (χ0) is 20.4. The first-order chi connectivity index (χ1) is 14.1. The molecule has 0 saturated heterocycles. The first kappa shape index (κ1) is 18.0. The second-order valence-electron chi connectivity index (χ2n) is 6.28. The fourth-order valence-corrected chi connectivity index (χ4v) is 2.90. The highest BCUT2D eigenvalue weighted by molar-refractivity contribution is 5.98. The largest absolute Gasteiger partial charge is 0.455 e. The zero-order valence-corrected chi connectivity index (χ0v) is 15.5. The van der Waals surface area contributed by atoms with Crippen LogP contribution in [0.15, 0.2) is 67.8 Å². The van der Waals surface area contributed by atoms with Crippen LogP contribution in [-0.2, 0) is 11.8 Å². The van der Waals surface area contributed by atoms with Crippen LogP contribution >= 0.6 is 0 Å². The number of fused-ring (bicyclic) bond motifs is 1. The predicted octanol–water partition coefficient (Wildman–Crippen LogP) is 3.52. The second-order valence-corrected chi connectivity index (χ2v) is 6.28.